The van der Waals surface area contributed by atoms with E-state index in [1.165, 1.54) is 11.8 Å². The van der Waals surface area contributed by atoms with Crippen molar-refractivity contribution in [1.82, 2.24) is 0 Å². The lowest BCUT2D eigenvalue weighted by Crippen LogP contribution is -2.16. The standard InChI is InChI=1S/C5H6O3S2/c6-3-7-1-4-2-10-5(9)8-4/h3-4H,1-2H2. The monoisotopic (exact) mass is 178 g/mol. The van der Waals surface area contributed by atoms with Gasteiger partial charge in [-0.05, 0) is 12.2 Å². The maximum atomic E-state index is 9.73. The van der Waals surface area contributed by atoms with E-state index in [1.807, 2.05) is 0 Å². The van der Waals surface area contributed by atoms with Gasteiger partial charge in [-0.15, -0.1) is 0 Å². The third-order valence-electron chi connectivity index (χ3n) is 1.00. The third-order valence-corrected chi connectivity index (χ3v) is 2.32. The Balaban J connectivity index is 2.18. The maximum Gasteiger partial charge on any atom is 0.293 e. The van der Waals surface area contributed by atoms with Crippen molar-refractivity contribution in [2.24, 2.45) is 0 Å². The molecule has 0 aliphatic carbocycles. The molecule has 0 radical (unpaired) electrons. The van der Waals surface area contributed by atoms with Crippen LogP contribution in [-0.4, -0.2) is 29.3 Å². The lowest BCUT2D eigenvalue weighted by atomic mass is 10.4. The van der Waals surface area contributed by atoms with Gasteiger partial charge >= 0.3 is 0 Å². The van der Waals surface area contributed by atoms with Crippen LogP contribution in [0.1, 0.15) is 0 Å². The van der Waals surface area contributed by atoms with Crippen molar-refractivity contribution in [2.75, 3.05) is 12.4 Å². The number of ether oxygens (including phenoxy) is 2. The highest BCUT2D eigenvalue weighted by Crippen LogP contribution is 2.19. The van der Waals surface area contributed by atoms with Gasteiger partial charge in [0.1, 0.15) is 12.7 Å². The van der Waals surface area contributed by atoms with Gasteiger partial charge in [-0.1, -0.05) is 11.8 Å². The van der Waals surface area contributed by atoms with E-state index >= 15 is 0 Å². The molecule has 1 aliphatic rings. The summed E-state index contributed by atoms with van der Waals surface area (Å²) in [6.07, 6.45) is -0.0392. The second kappa shape index (κ2) is 3.78. The van der Waals surface area contributed by atoms with Crippen molar-refractivity contribution in [3.05, 3.63) is 0 Å². The summed E-state index contributed by atoms with van der Waals surface area (Å²) in [5, 5.41) is 0. The molecular weight excluding hydrogens is 172 g/mol. The molecule has 0 saturated carbocycles. The van der Waals surface area contributed by atoms with Crippen molar-refractivity contribution >= 4 is 34.8 Å². The van der Waals surface area contributed by atoms with Gasteiger partial charge < -0.3 is 9.47 Å². The summed E-state index contributed by atoms with van der Waals surface area (Å²) in [5.41, 5.74) is 0. The summed E-state index contributed by atoms with van der Waals surface area (Å²) in [6.45, 7) is 0.714. The molecule has 1 unspecified atom stereocenters. The molecule has 0 aromatic rings. The average Bonchev–Trinajstić information content (AvgIpc) is 2.31. The molecule has 0 N–H and O–H groups in total. The first kappa shape index (κ1) is 7.81. The molecule has 1 saturated heterocycles. The Labute approximate surface area is 68.1 Å². The predicted octanol–water partition coefficient (Wildman–Crippen LogP) is 0.576. The fourth-order valence-corrected chi connectivity index (χ4v) is 1.62. The van der Waals surface area contributed by atoms with Crippen LogP contribution in [0.2, 0.25) is 0 Å². The lowest BCUT2D eigenvalue weighted by molar-refractivity contribution is -0.130. The quantitative estimate of drug-likeness (QED) is 0.466. The molecule has 0 spiro atoms. The van der Waals surface area contributed by atoms with Crippen LogP contribution in [0.25, 0.3) is 0 Å². The molecule has 1 fully saturated rings. The average molecular weight is 178 g/mol. The van der Waals surface area contributed by atoms with E-state index in [1.54, 1.807) is 0 Å². The minimum absolute atomic E-state index is 0.0392. The molecule has 1 heterocycles. The molecule has 10 heavy (non-hydrogen) atoms. The van der Waals surface area contributed by atoms with Gasteiger partial charge in [-0.3, -0.25) is 4.79 Å². The zero-order valence-electron chi connectivity index (χ0n) is 5.11. The number of thiocarbonyl (C=S) groups is 1. The van der Waals surface area contributed by atoms with Gasteiger partial charge in [-0.2, -0.15) is 0 Å². The van der Waals surface area contributed by atoms with Crippen molar-refractivity contribution in [2.45, 2.75) is 6.10 Å². The van der Waals surface area contributed by atoms with Crippen LogP contribution in [0.5, 0.6) is 0 Å². The molecule has 0 amide bonds. The summed E-state index contributed by atoms with van der Waals surface area (Å²) in [6, 6.07) is 0. The summed E-state index contributed by atoms with van der Waals surface area (Å²) >= 11 is 6.21. The molecule has 0 aromatic heterocycles. The van der Waals surface area contributed by atoms with Gasteiger partial charge in [0.25, 0.3) is 6.47 Å². The van der Waals surface area contributed by atoms with Crippen LogP contribution >= 0.6 is 24.0 Å². The Hall–Kier alpha value is -0.290. The molecule has 1 atom stereocenters. The minimum atomic E-state index is -0.0392. The van der Waals surface area contributed by atoms with Gasteiger partial charge in [0.05, 0.1) is 0 Å². The molecule has 56 valence electrons. The Morgan fingerprint density at radius 1 is 2.00 bits per heavy atom. The van der Waals surface area contributed by atoms with E-state index in [4.69, 9.17) is 17.0 Å². The van der Waals surface area contributed by atoms with E-state index in [0.29, 0.717) is 17.5 Å². The third kappa shape index (κ3) is 2.15. The van der Waals surface area contributed by atoms with Crippen LogP contribution in [0.3, 0.4) is 0 Å². The summed E-state index contributed by atoms with van der Waals surface area (Å²) in [7, 11) is 0. The van der Waals surface area contributed by atoms with Crippen LogP contribution in [0.4, 0.5) is 0 Å². The zero-order valence-corrected chi connectivity index (χ0v) is 6.74. The van der Waals surface area contributed by atoms with E-state index in [0.717, 1.165) is 5.75 Å². The first-order valence-electron chi connectivity index (χ1n) is 2.71. The van der Waals surface area contributed by atoms with Crippen molar-refractivity contribution in [3.8, 4) is 0 Å². The smallest absolute Gasteiger partial charge is 0.293 e. The first-order chi connectivity index (χ1) is 4.83. The molecule has 0 bridgehead atoms. The Morgan fingerprint density at radius 2 is 2.80 bits per heavy atom. The number of rotatable bonds is 3. The second-order valence-electron chi connectivity index (χ2n) is 1.73. The lowest BCUT2D eigenvalue weighted by Gasteiger charge is -2.05. The fraction of sp³-hybridized carbons (Fsp3) is 0.600. The maximum absolute atomic E-state index is 9.73. The number of thioether (sulfide) groups is 1. The van der Waals surface area contributed by atoms with Crippen LogP contribution < -0.4 is 0 Å². The minimum Gasteiger partial charge on any atom is -0.471 e. The normalized spacial score (nSPS) is 24.0. The number of hydrogen-bond donors (Lipinski definition) is 0. The highest BCUT2D eigenvalue weighted by molar-refractivity contribution is 8.22. The van der Waals surface area contributed by atoms with Crippen LogP contribution in [0.15, 0.2) is 0 Å². The molecule has 1 rings (SSSR count). The van der Waals surface area contributed by atoms with Crippen LogP contribution in [0, 0.1) is 0 Å². The topological polar surface area (TPSA) is 35.5 Å². The SMILES string of the molecule is O=COCC1CSC(=S)O1. The number of carbonyl (C=O) groups excluding carboxylic acids is 1. The molecule has 0 aromatic carbocycles. The molecule has 1 aliphatic heterocycles. The Kier molecular flexibility index (Phi) is 2.95. The predicted molar refractivity (Wildman–Crippen MR) is 41.9 cm³/mol. The summed E-state index contributed by atoms with van der Waals surface area (Å²) in [5.74, 6) is 0.784. The first-order valence-corrected chi connectivity index (χ1v) is 4.11. The Bertz CT molecular complexity index is 148. The highest BCUT2D eigenvalue weighted by atomic mass is 32.2. The van der Waals surface area contributed by atoms with Crippen LogP contribution in [-0.2, 0) is 14.3 Å². The van der Waals surface area contributed by atoms with Crippen molar-refractivity contribution < 1.29 is 14.3 Å². The number of hydrogen-bond acceptors (Lipinski definition) is 5. The highest BCUT2D eigenvalue weighted by Gasteiger charge is 2.21. The zero-order chi connectivity index (χ0) is 7.40. The van der Waals surface area contributed by atoms with Gasteiger partial charge in [-0.25, -0.2) is 0 Å². The summed E-state index contributed by atoms with van der Waals surface area (Å²) in [4.78, 5) is 9.73. The van der Waals surface area contributed by atoms with Crippen molar-refractivity contribution in [3.63, 3.8) is 0 Å². The van der Waals surface area contributed by atoms with E-state index in [2.05, 4.69) is 4.74 Å². The Morgan fingerprint density at radius 3 is 3.30 bits per heavy atom. The fourth-order valence-electron chi connectivity index (χ4n) is 0.594. The second-order valence-corrected chi connectivity index (χ2v) is 3.35. The molecule has 5 heteroatoms. The van der Waals surface area contributed by atoms with E-state index in [9.17, 15) is 4.79 Å². The van der Waals surface area contributed by atoms with Gasteiger partial charge in [0, 0.05) is 5.75 Å². The largest absolute Gasteiger partial charge is 0.471 e. The van der Waals surface area contributed by atoms with E-state index < -0.39 is 0 Å². The van der Waals surface area contributed by atoms with E-state index in [-0.39, 0.29) is 6.10 Å². The van der Waals surface area contributed by atoms with Crippen molar-refractivity contribution in [1.29, 1.82) is 0 Å². The molecular formula is C5H6O3S2. The van der Waals surface area contributed by atoms with Gasteiger partial charge in [0.2, 0.25) is 4.38 Å². The molecule has 3 nitrogen and oxygen atoms in total. The summed E-state index contributed by atoms with van der Waals surface area (Å²) < 4.78 is 10.1. The van der Waals surface area contributed by atoms with Gasteiger partial charge in [0.15, 0.2) is 0 Å². The number of carbonyl (C=O) groups is 1.